The van der Waals surface area contributed by atoms with Crippen LogP contribution in [0.25, 0.3) is 0 Å². The highest BCUT2D eigenvalue weighted by Gasteiger charge is 2.02. The monoisotopic (exact) mass is 450 g/mol. The molecule has 2 aromatic rings. The minimum Gasteiger partial charge on any atom is -0.205 e. The fourth-order valence-electron chi connectivity index (χ4n) is 4.79. The highest BCUT2D eigenvalue weighted by atomic mass is 14.9. The standard InChI is InChI=1S/C32H52N/c1-2-3-4-5-6-7-8-9-10-11-12-13-14-15-16-18-24-32-26-29-33(30-27-32)28-21-25-31-22-19-17-20-23-31/h17,19-20,22-23,26-27,29-30H,2-16,18,21,24-25,28H2,1H3/q+1. The zero-order chi connectivity index (χ0) is 23.2. The second kappa shape index (κ2) is 19.8. The van der Waals surface area contributed by atoms with Crippen LogP contribution < -0.4 is 4.57 Å². The van der Waals surface area contributed by atoms with E-state index in [-0.39, 0.29) is 0 Å². The van der Waals surface area contributed by atoms with Gasteiger partial charge in [-0.1, -0.05) is 134 Å². The Balaban J connectivity index is 1.35. The van der Waals surface area contributed by atoms with E-state index < -0.39 is 0 Å². The quantitative estimate of drug-likeness (QED) is 0.132. The van der Waals surface area contributed by atoms with Crippen LogP contribution in [0.1, 0.15) is 127 Å². The fourth-order valence-corrected chi connectivity index (χ4v) is 4.79. The van der Waals surface area contributed by atoms with Crippen molar-refractivity contribution in [2.45, 2.75) is 135 Å². The van der Waals surface area contributed by atoms with E-state index in [1.54, 1.807) is 0 Å². The average molecular weight is 451 g/mol. The molecule has 1 aromatic heterocycles. The molecule has 0 saturated carbocycles. The molecule has 0 aliphatic heterocycles. The molecule has 1 heterocycles. The summed E-state index contributed by atoms with van der Waals surface area (Å²) in [5, 5.41) is 0. The van der Waals surface area contributed by atoms with Crippen molar-refractivity contribution in [3.63, 3.8) is 0 Å². The first-order valence-electron chi connectivity index (χ1n) is 14.4. The summed E-state index contributed by atoms with van der Waals surface area (Å²) in [7, 11) is 0. The smallest absolute Gasteiger partial charge is 0.169 e. The van der Waals surface area contributed by atoms with Gasteiger partial charge in [0, 0.05) is 18.6 Å². The highest BCUT2D eigenvalue weighted by molar-refractivity contribution is 5.14. The number of aryl methyl sites for hydroxylation is 3. The number of rotatable bonds is 21. The number of aromatic nitrogens is 1. The summed E-state index contributed by atoms with van der Waals surface area (Å²) in [5.41, 5.74) is 2.94. The Morgan fingerprint density at radius 2 is 0.879 bits per heavy atom. The van der Waals surface area contributed by atoms with Crippen molar-refractivity contribution < 1.29 is 4.57 Å². The van der Waals surface area contributed by atoms with Crippen LogP contribution >= 0.6 is 0 Å². The van der Waals surface area contributed by atoms with Gasteiger partial charge in [-0.05, 0) is 30.4 Å². The topological polar surface area (TPSA) is 3.88 Å². The molecule has 0 bridgehead atoms. The van der Waals surface area contributed by atoms with E-state index in [9.17, 15) is 0 Å². The van der Waals surface area contributed by atoms with Gasteiger partial charge in [0.1, 0.15) is 6.54 Å². The van der Waals surface area contributed by atoms with Crippen molar-refractivity contribution in [1.29, 1.82) is 0 Å². The first kappa shape index (κ1) is 27.6. The van der Waals surface area contributed by atoms with Gasteiger partial charge in [0.25, 0.3) is 0 Å². The Labute approximate surface area is 206 Å². The second-order valence-electron chi connectivity index (χ2n) is 10.1. The van der Waals surface area contributed by atoms with Crippen molar-refractivity contribution in [3.05, 3.63) is 66.0 Å². The first-order chi connectivity index (χ1) is 16.4. The summed E-state index contributed by atoms with van der Waals surface area (Å²) in [6, 6.07) is 15.5. The summed E-state index contributed by atoms with van der Waals surface area (Å²) >= 11 is 0. The largest absolute Gasteiger partial charge is 0.205 e. The lowest BCUT2D eigenvalue weighted by Crippen LogP contribution is -2.32. The Bertz CT molecular complexity index is 661. The lowest BCUT2D eigenvalue weighted by molar-refractivity contribution is -0.697. The van der Waals surface area contributed by atoms with Crippen LogP contribution in [0.2, 0.25) is 0 Å². The van der Waals surface area contributed by atoms with Gasteiger partial charge in [-0.25, -0.2) is 4.57 Å². The third kappa shape index (κ3) is 15.0. The molecule has 1 aromatic carbocycles. The van der Waals surface area contributed by atoms with Crippen molar-refractivity contribution in [3.8, 4) is 0 Å². The molecule has 0 aliphatic rings. The molecule has 0 radical (unpaired) electrons. The van der Waals surface area contributed by atoms with Gasteiger partial charge in [-0.2, -0.15) is 0 Å². The Kier molecular flexibility index (Phi) is 16.6. The molecule has 0 unspecified atom stereocenters. The molecule has 2 rings (SSSR count). The molecule has 184 valence electrons. The van der Waals surface area contributed by atoms with E-state index in [1.807, 2.05) is 0 Å². The molecule has 0 spiro atoms. The lowest BCUT2D eigenvalue weighted by atomic mass is 10.0. The summed E-state index contributed by atoms with van der Waals surface area (Å²) in [6.45, 7) is 3.40. The number of benzene rings is 1. The van der Waals surface area contributed by atoms with E-state index in [4.69, 9.17) is 0 Å². The molecule has 0 aliphatic carbocycles. The molecule has 1 nitrogen and oxygen atoms in total. The van der Waals surface area contributed by atoms with Crippen LogP contribution in [-0.2, 0) is 19.4 Å². The number of nitrogens with zero attached hydrogens (tertiary/aromatic N) is 1. The van der Waals surface area contributed by atoms with Gasteiger partial charge in [-0.15, -0.1) is 0 Å². The van der Waals surface area contributed by atoms with Crippen molar-refractivity contribution in [2.75, 3.05) is 0 Å². The summed E-state index contributed by atoms with van der Waals surface area (Å²) in [6.07, 6.45) is 31.2. The molecule has 33 heavy (non-hydrogen) atoms. The van der Waals surface area contributed by atoms with Crippen LogP contribution in [0.5, 0.6) is 0 Å². The first-order valence-corrected chi connectivity index (χ1v) is 14.4. The average Bonchev–Trinajstić information content (AvgIpc) is 2.85. The number of pyridine rings is 1. The molecular formula is C32H52N+. The molecule has 1 heteroatoms. The maximum absolute atomic E-state index is 2.33. The minimum atomic E-state index is 1.11. The maximum Gasteiger partial charge on any atom is 0.169 e. The van der Waals surface area contributed by atoms with Gasteiger partial charge in [-0.3, -0.25) is 0 Å². The van der Waals surface area contributed by atoms with Crippen molar-refractivity contribution >= 4 is 0 Å². The lowest BCUT2D eigenvalue weighted by Gasteiger charge is -2.04. The van der Waals surface area contributed by atoms with Crippen LogP contribution in [0.15, 0.2) is 54.9 Å². The van der Waals surface area contributed by atoms with Crippen LogP contribution in [0.4, 0.5) is 0 Å². The third-order valence-corrected chi connectivity index (χ3v) is 7.00. The van der Waals surface area contributed by atoms with Gasteiger partial charge in [0.05, 0.1) is 0 Å². The van der Waals surface area contributed by atoms with Gasteiger partial charge < -0.3 is 0 Å². The second-order valence-corrected chi connectivity index (χ2v) is 10.1. The van der Waals surface area contributed by atoms with Crippen molar-refractivity contribution in [1.82, 2.24) is 0 Å². The fraction of sp³-hybridized carbons (Fsp3) is 0.656. The van der Waals surface area contributed by atoms with E-state index in [0.717, 1.165) is 13.0 Å². The maximum atomic E-state index is 2.33. The molecule has 0 amide bonds. The minimum absolute atomic E-state index is 1.11. The van der Waals surface area contributed by atoms with Gasteiger partial charge >= 0.3 is 0 Å². The molecular weight excluding hydrogens is 398 g/mol. The summed E-state index contributed by atoms with van der Waals surface area (Å²) in [5.74, 6) is 0. The summed E-state index contributed by atoms with van der Waals surface area (Å²) < 4.78 is 2.33. The SMILES string of the molecule is CCCCCCCCCCCCCCCCCCc1cc[n+](CCCc2ccccc2)cc1. The Morgan fingerprint density at radius 1 is 0.455 bits per heavy atom. The predicted octanol–water partition coefficient (Wildman–Crippen LogP) is 9.41. The van der Waals surface area contributed by atoms with Gasteiger partial charge in [0.2, 0.25) is 0 Å². The number of hydrogen-bond donors (Lipinski definition) is 0. The highest BCUT2D eigenvalue weighted by Crippen LogP contribution is 2.14. The van der Waals surface area contributed by atoms with Crippen LogP contribution in [0, 0.1) is 0 Å². The van der Waals surface area contributed by atoms with E-state index in [0.29, 0.717) is 0 Å². The molecule has 0 fully saturated rings. The molecule has 0 saturated heterocycles. The number of unbranched alkanes of at least 4 members (excludes halogenated alkanes) is 15. The zero-order valence-corrected chi connectivity index (χ0v) is 21.8. The van der Waals surface area contributed by atoms with Crippen molar-refractivity contribution in [2.24, 2.45) is 0 Å². The third-order valence-electron chi connectivity index (χ3n) is 7.00. The van der Waals surface area contributed by atoms with Crippen LogP contribution in [0.3, 0.4) is 0 Å². The molecule has 0 N–H and O–H groups in total. The predicted molar refractivity (Wildman–Crippen MR) is 145 cm³/mol. The normalized spacial score (nSPS) is 11.2. The number of hydrogen-bond acceptors (Lipinski definition) is 0. The van der Waals surface area contributed by atoms with Crippen LogP contribution in [-0.4, -0.2) is 0 Å². The Hall–Kier alpha value is -1.63. The molecule has 0 atom stereocenters. The van der Waals surface area contributed by atoms with Gasteiger partial charge in [0.15, 0.2) is 12.4 Å². The zero-order valence-electron chi connectivity index (χ0n) is 21.8. The van der Waals surface area contributed by atoms with E-state index in [2.05, 4.69) is 66.3 Å². The Morgan fingerprint density at radius 3 is 1.39 bits per heavy atom. The summed E-state index contributed by atoms with van der Waals surface area (Å²) in [4.78, 5) is 0. The van der Waals surface area contributed by atoms with E-state index in [1.165, 1.54) is 127 Å². The van der Waals surface area contributed by atoms with E-state index >= 15 is 0 Å².